The molecule has 0 spiro atoms. The number of likely N-dealkylation sites (N-methyl/N-ethyl adjacent to an activating group) is 1. The number of aliphatic carboxylic acids is 1. The van der Waals surface area contributed by atoms with Gasteiger partial charge >= 0.3 is 12.1 Å². The summed E-state index contributed by atoms with van der Waals surface area (Å²) < 4.78 is 5.62. The molecule has 2 amide bonds. The first-order valence-electron chi connectivity index (χ1n) is 11.5. The lowest BCUT2D eigenvalue weighted by atomic mass is 9.98. The highest BCUT2D eigenvalue weighted by Crippen LogP contribution is 2.44. The van der Waals surface area contributed by atoms with Gasteiger partial charge in [-0.2, -0.15) is 0 Å². The lowest BCUT2D eigenvalue weighted by Crippen LogP contribution is -2.52. The fourth-order valence-corrected chi connectivity index (χ4v) is 4.80. The van der Waals surface area contributed by atoms with Crippen molar-refractivity contribution in [1.82, 2.24) is 10.2 Å². The van der Waals surface area contributed by atoms with E-state index in [1.54, 1.807) is 6.92 Å². The fourth-order valence-electron chi connectivity index (χ4n) is 4.80. The van der Waals surface area contributed by atoms with Gasteiger partial charge in [0.1, 0.15) is 12.6 Å². The van der Waals surface area contributed by atoms with E-state index < -0.39 is 24.1 Å². The molecular weight excluding hydrogens is 420 g/mol. The van der Waals surface area contributed by atoms with Crippen LogP contribution in [0.1, 0.15) is 50.2 Å². The van der Waals surface area contributed by atoms with E-state index in [4.69, 9.17) is 9.84 Å². The third-order valence-electron chi connectivity index (χ3n) is 6.60. The van der Waals surface area contributed by atoms with E-state index >= 15 is 0 Å². The summed E-state index contributed by atoms with van der Waals surface area (Å²) in [6.45, 7) is 4.08. The van der Waals surface area contributed by atoms with Crippen LogP contribution < -0.4 is 5.32 Å². The van der Waals surface area contributed by atoms with Gasteiger partial charge in [0.05, 0.1) is 6.42 Å². The van der Waals surface area contributed by atoms with Gasteiger partial charge in [0.25, 0.3) is 0 Å². The van der Waals surface area contributed by atoms with E-state index in [0.717, 1.165) is 35.1 Å². The Morgan fingerprint density at radius 1 is 1.06 bits per heavy atom. The average molecular weight is 451 g/mol. The summed E-state index contributed by atoms with van der Waals surface area (Å²) in [6, 6.07) is 15.1. The number of carbonyl (C=O) groups is 3. The summed E-state index contributed by atoms with van der Waals surface area (Å²) in [5.41, 5.74) is 4.56. The van der Waals surface area contributed by atoms with Crippen molar-refractivity contribution < 1.29 is 24.2 Å². The Labute approximate surface area is 193 Å². The highest BCUT2D eigenvalue weighted by molar-refractivity contribution is 5.87. The minimum atomic E-state index is -0.957. The van der Waals surface area contributed by atoms with Gasteiger partial charge in [-0.25, -0.2) is 4.79 Å². The fraction of sp³-hybridized carbons (Fsp3) is 0.423. The molecule has 0 saturated heterocycles. The molecule has 1 saturated carbocycles. The molecule has 4 rings (SSSR count). The highest BCUT2D eigenvalue weighted by atomic mass is 16.5. The van der Waals surface area contributed by atoms with Crippen LogP contribution in [0.5, 0.6) is 0 Å². The molecule has 2 N–H and O–H groups in total. The second-order valence-electron chi connectivity index (χ2n) is 8.86. The van der Waals surface area contributed by atoms with Gasteiger partial charge in [0.2, 0.25) is 5.91 Å². The molecular formula is C26H30N2O5. The maximum absolute atomic E-state index is 13.2. The standard InChI is InChI=1S/C26H30N2O5/c1-3-28(16(2)14-23(29)30)25(31)24(17-12-13-17)27-26(32)33-15-22-20-10-6-4-8-18(20)19-9-5-7-11-21(19)22/h4-11,16-17,22,24H,3,12-15H2,1-2H3,(H,27,32)(H,29,30). The largest absolute Gasteiger partial charge is 0.481 e. The molecule has 7 heteroatoms. The van der Waals surface area contributed by atoms with Crippen molar-refractivity contribution in [3.63, 3.8) is 0 Å². The number of benzene rings is 2. The molecule has 33 heavy (non-hydrogen) atoms. The second kappa shape index (κ2) is 9.65. The third kappa shape index (κ3) is 4.87. The first-order valence-corrected chi connectivity index (χ1v) is 11.5. The van der Waals surface area contributed by atoms with E-state index in [-0.39, 0.29) is 30.8 Å². The third-order valence-corrected chi connectivity index (χ3v) is 6.60. The number of carbonyl (C=O) groups excluding carboxylic acids is 2. The van der Waals surface area contributed by atoms with Gasteiger partial charge in [-0.05, 0) is 54.9 Å². The van der Waals surface area contributed by atoms with Crippen LogP contribution in [0, 0.1) is 5.92 Å². The summed E-state index contributed by atoms with van der Waals surface area (Å²) in [6.07, 6.45) is 0.946. The summed E-state index contributed by atoms with van der Waals surface area (Å²) in [5.74, 6) is -1.20. The summed E-state index contributed by atoms with van der Waals surface area (Å²) in [7, 11) is 0. The predicted octanol–water partition coefficient (Wildman–Crippen LogP) is 4.02. The first-order chi connectivity index (χ1) is 15.9. The van der Waals surface area contributed by atoms with Gasteiger partial charge in [0, 0.05) is 18.5 Å². The number of amides is 2. The molecule has 174 valence electrons. The summed E-state index contributed by atoms with van der Waals surface area (Å²) >= 11 is 0. The van der Waals surface area contributed by atoms with Crippen molar-refractivity contribution in [2.45, 2.75) is 51.1 Å². The number of alkyl carbamates (subject to hydrolysis) is 1. The number of fused-ring (bicyclic) bond motifs is 3. The number of hydrogen-bond acceptors (Lipinski definition) is 4. The minimum Gasteiger partial charge on any atom is -0.481 e. The Morgan fingerprint density at radius 2 is 1.64 bits per heavy atom. The Kier molecular flexibility index (Phi) is 6.67. The van der Waals surface area contributed by atoms with Crippen LogP contribution in [0.4, 0.5) is 4.79 Å². The van der Waals surface area contributed by atoms with Crippen molar-refractivity contribution in [2.24, 2.45) is 5.92 Å². The van der Waals surface area contributed by atoms with Crippen molar-refractivity contribution >= 4 is 18.0 Å². The molecule has 2 atom stereocenters. The number of carboxylic acids is 1. The molecule has 2 unspecified atom stereocenters. The lowest BCUT2D eigenvalue weighted by molar-refractivity contribution is -0.141. The molecule has 0 heterocycles. The normalized spacial score (nSPS) is 16.3. The van der Waals surface area contributed by atoms with Crippen molar-refractivity contribution in [2.75, 3.05) is 13.2 Å². The van der Waals surface area contributed by atoms with Crippen molar-refractivity contribution in [1.29, 1.82) is 0 Å². The van der Waals surface area contributed by atoms with Crippen molar-refractivity contribution in [3.8, 4) is 11.1 Å². The monoisotopic (exact) mass is 450 g/mol. The summed E-state index contributed by atoms with van der Waals surface area (Å²) in [4.78, 5) is 38.5. The topological polar surface area (TPSA) is 95.9 Å². The molecule has 0 bridgehead atoms. The number of rotatable bonds is 9. The Hall–Kier alpha value is -3.35. The Bertz CT molecular complexity index is 1000. The van der Waals surface area contributed by atoms with E-state index in [2.05, 4.69) is 29.6 Å². The molecule has 0 aliphatic heterocycles. The number of carboxylic acid groups (broad SMARTS) is 1. The Balaban J connectivity index is 1.42. The molecule has 0 aromatic heterocycles. The SMILES string of the molecule is CCN(C(=O)C(NC(=O)OCC1c2ccccc2-c2ccccc21)C1CC1)C(C)CC(=O)O. The number of hydrogen-bond donors (Lipinski definition) is 2. The van der Waals surface area contributed by atoms with E-state index in [1.807, 2.05) is 31.2 Å². The number of nitrogens with zero attached hydrogens (tertiary/aromatic N) is 1. The highest BCUT2D eigenvalue weighted by Gasteiger charge is 2.41. The zero-order chi connectivity index (χ0) is 23.5. The first kappa shape index (κ1) is 22.8. The van der Waals surface area contributed by atoms with Gasteiger partial charge in [-0.15, -0.1) is 0 Å². The molecule has 2 aliphatic carbocycles. The quantitative estimate of drug-likeness (QED) is 0.602. The predicted molar refractivity (Wildman–Crippen MR) is 124 cm³/mol. The zero-order valence-electron chi connectivity index (χ0n) is 19.0. The molecule has 2 aromatic carbocycles. The van der Waals surface area contributed by atoms with Crippen LogP contribution >= 0.6 is 0 Å². The van der Waals surface area contributed by atoms with Gasteiger partial charge < -0.3 is 20.1 Å². The number of ether oxygens (including phenoxy) is 1. The average Bonchev–Trinajstić information content (AvgIpc) is 3.58. The smallest absolute Gasteiger partial charge is 0.407 e. The van der Waals surface area contributed by atoms with Gasteiger partial charge in [-0.3, -0.25) is 9.59 Å². The van der Waals surface area contributed by atoms with E-state index in [9.17, 15) is 14.4 Å². The van der Waals surface area contributed by atoms with Crippen molar-refractivity contribution in [3.05, 3.63) is 59.7 Å². The molecule has 2 aliphatic rings. The van der Waals surface area contributed by atoms with Crippen LogP contribution in [0.2, 0.25) is 0 Å². The van der Waals surface area contributed by atoms with Crippen LogP contribution in [0.15, 0.2) is 48.5 Å². The maximum Gasteiger partial charge on any atom is 0.407 e. The van der Waals surface area contributed by atoms with Crippen LogP contribution in [0.3, 0.4) is 0 Å². The second-order valence-corrected chi connectivity index (χ2v) is 8.86. The minimum absolute atomic E-state index is 0.0547. The molecule has 0 radical (unpaired) electrons. The molecule has 7 nitrogen and oxygen atoms in total. The van der Waals surface area contributed by atoms with Crippen LogP contribution in [-0.4, -0.2) is 53.2 Å². The van der Waals surface area contributed by atoms with Crippen LogP contribution in [0.25, 0.3) is 11.1 Å². The van der Waals surface area contributed by atoms with E-state index in [0.29, 0.717) is 6.54 Å². The number of nitrogens with one attached hydrogen (secondary N) is 1. The van der Waals surface area contributed by atoms with Gasteiger partial charge in [-0.1, -0.05) is 48.5 Å². The maximum atomic E-state index is 13.2. The molecule has 2 aromatic rings. The Morgan fingerprint density at radius 3 is 2.15 bits per heavy atom. The summed E-state index contributed by atoms with van der Waals surface area (Å²) in [5, 5.41) is 11.9. The molecule has 1 fully saturated rings. The van der Waals surface area contributed by atoms with Gasteiger partial charge in [0.15, 0.2) is 0 Å². The van der Waals surface area contributed by atoms with Crippen LogP contribution in [-0.2, 0) is 14.3 Å². The van der Waals surface area contributed by atoms with E-state index in [1.165, 1.54) is 4.90 Å². The zero-order valence-corrected chi connectivity index (χ0v) is 19.0. The lowest BCUT2D eigenvalue weighted by Gasteiger charge is -2.31.